The zero-order chi connectivity index (χ0) is 18.5. The summed E-state index contributed by atoms with van der Waals surface area (Å²) in [5.74, 6) is 1.00. The van der Waals surface area contributed by atoms with E-state index < -0.39 is 0 Å². The summed E-state index contributed by atoms with van der Waals surface area (Å²) in [5.41, 5.74) is 1.68. The average molecular weight is 408 g/mol. The van der Waals surface area contributed by atoms with Crippen molar-refractivity contribution in [2.75, 3.05) is 17.7 Å². The monoisotopic (exact) mass is 407 g/mol. The minimum absolute atomic E-state index is 0.325. The summed E-state index contributed by atoms with van der Waals surface area (Å²) in [6.45, 7) is 0.553. The van der Waals surface area contributed by atoms with Crippen molar-refractivity contribution in [3.05, 3.63) is 64.4 Å². The highest BCUT2D eigenvalue weighted by atomic mass is 35.5. The molecule has 0 aliphatic heterocycles. The van der Waals surface area contributed by atoms with Gasteiger partial charge in [0.15, 0.2) is 5.11 Å². The number of ether oxygens (including phenoxy) is 1. The molecule has 0 unspecified atom stereocenters. The lowest BCUT2D eigenvalue weighted by molar-refractivity contribution is 0.417. The van der Waals surface area contributed by atoms with Gasteiger partial charge in [0.2, 0.25) is 5.95 Å². The summed E-state index contributed by atoms with van der Waals surface area (Å²) >= 11 is 17.3. The first-order valence-corrected chi connectivity index (χ1v) is 8.75. The molecule has 3 rings (SSSR count). The first kappa shape index (κ1) is 18.4. The van der Waals surface area contributed by atoms with Gasteiger partial charge in [-0.25, -0.2) is 9.67 Å². The first-order chi connectivity index (χ1) is 12.5. The number of nitrogens with zero attached hydrogens (tertiary/aromatic N) is 3. The Morgan fingerprint density at radius 3 is 2.73 bits per heavy atom. The second-order valence-electron chi connectivity index (χ2n) is 5.32. The smallest absolute Gasteiger partial charge is 0.248 e. The van der Waals surface area contributed by atoms with E-state index in [1.54, 1.807) is 36.3 Å². The van der Waals surface area contributed by atoms with Gasteiger partial charge >= 0.3 is 0 Å². The van der Waals surface area contributed by atoms with E-state index in [4.69, 9.17) is 40.2 Å². The number of rotatable bonds is 5. The standard InChI is InChI=1S/C17H15Cl2N5OS/c1-25-15-6-5-13(19)8-14(15)21-17(26)22-16-20-10-24(23-16)9-11-3-2-4-12(18)7-11/h2-8,10H,9H2,1H3,(H2,21,22,23,26). The second kappa shape index (κ2) is 8.35. The summed E-state index contributed by atoms with van der Waals surface area (Å²) in [4.78, 5) is 4.20. The molecule has 6 nitrogen and oxygen atoms in total. The summed E-state index contributed by atoms with van der Waals surface area (Å²) in [6.07, 6.45) is 1.62. The van der Waals surface area contributed by atoms with Crippen molar-refractivity contribution in [1.29, 1.82) is 0 Å². The van der Waals surface area contributed by atoms with Crippen LogP contribution < -0.4 is 15.4 Å². The van der Waals surface area contributed by atoms with Gasteiger partial charge in [0.1, 0.15) is 12.1 Å². The molecule has 1 heterocycles. The third-order valence-corrected chi connectivity index (χ3v) is 4.08. The fourth-order valence-corrected chi connectivity index (χ4v) is 2.87. The van der Waals surface area contributed by atoms with Gasteiger partial charge in [-0.3, -0.25) is 5.32 Å². The van der Waals surface area contributed by atoms with Crippen molar-refractivity contribution in [3.63, 3.8) is 0 Å². The molecule has 2 N–H and O–H groups in total. The van der Waals surface area contributed by atoms with E-state index in [1.807, 2.05) is 24.3 Å². The Bertz CT molecular complexity index is 931. The number of benzene rings is 2. The van der Waals surface area contributed by atoms with Crippen LogP contribution in [0.25, 0.3) is 0 Å². The van der Waals surface area contributed by atoms with Crippen LogP contribution in [0.5, 0.6) is 5.75 Å². The maximum absolute atomic E-state index is 6.01. The predicted octanol–water partition coefficient (Wildman–Crippen LogP) is 4.45. The highest BCUT2D eigenvalue weighted by Gasteiger charge is 2.08. The van der Waals surface area contributed by atoms with E-state index in [0.29, 0.717) is 39.1 Å². The number of aromatic nitrogens is 3. The molecule has 0 saturated heterocycles. The van der Waals surface area contributed by atoms with Crippen LogP contribution in [0.15, 0.2) is 48.8 Å². The zero-order valence-corrected chi connectivity index (χ0v) is 16.1. The summed E-state index contributed by atoms with van der Waals surface area (Å²) in [5, 5.41) is 11.9. The molecule has 0 saturated carbocycles. The van der Waals surface area contributed by atoms with Crippen LogP contribution in [-0.2, 0) is 6.54 Å². The highest BCUT2D eigenvalue weighted by Crippen LogP contribution is 2.27. The summed E-state index contributed by atoms with van der Waals surface area (Å²) < 4.78 is 6.97. The molecule has 0 amide bonds. The van der Waals surface area contributed by atoms with E-state index in [1.165, 1.54) is 0 Å². The Morgan fingerprint density at radius 2 is 1.96 bits per heavy atom. The van der Waals surface area contributed by atoms with Crippen LogP contribution in [0.1, 0.15) is 5.56 Å². The van der Waals surface area contributed by atoms with Crippen LogP contribution in [0.3, 0.4) is 0 Å². The van der Waals surface area contributed by atoms with Crippen molar-refractivity contribution >= 4 is 52.2 Å². The Morgan fingerprint density at radius 1 is 1.15 bits per heavy atom. The van der Waals surface area contributed by atoms with Crippen molar-refractivity contribution in [2.24, 2.45) is 0 Å². The van der Waals surface area contributed by atoms with Gasteiger partial charge in [0.05, 0.1) is 19.3 Å². The SMILES string of the molecule is COc1ccc(Cl)cc1NC(=S)Nc1ncn(Cc2cccc(Cl)c2)n1. The maximum Gasteiger partial charge on any atom is 0.248 e. The molecule has 0 radical (unpaired) electrons. The molecule has 1 aromatic heterocycles. The Balaban J connectivity index is 1.64. The molecule has 0 fully saturated rings. The number of hydrogen-bond donors (Lipinski definition) is 2. The van der Waals surface area contributed by atoms with Crippen LogP contribution in [0.2, 0.25) is 10.0 Å². The van der Waals surface area contributed by atoms with E-state index in [2.05, 4.69) is 20.7 Å². The Hall–Kier alpha value is -2.35. The van der Waals surface area contributed by atoms with E-state index >= 15 is 0 Å². The van der Waals surface area contributed by atoms with Gasteiger partial charge in [-0.05, 0) is 48.1 Å². The quantitative estimate of drug-likeness (QED) is 0.609. The lowest BCUT2D eigenvalue weighted by Crippen LogP contribution is -2.20. The largest absolute Gasteiger partial charge is 0.495 e. The van der Waals surface area contributed by atoms with Crippen molar-refractivity contribution < 1.29 is 4.74 Å². The third kappa shape index (κ3) is 4.85. The molecular weight excluding hydrogens is 393 g/mol. The molecule has 0 aliphatic carbocycles. The molecule has 0 aliphatic rings. The van der Waals surface area contributed by atoms with Crippen LogP contribution in [-0.4, -0.2) is 27.0 Å². The third-order valence-electron chi connectivity index (χ3n) is 3.41. The number of anilines is 2. The minimum Gasteiger partial charge on any atom is -0.495 e. The van der Waals surface area contributed by atoms with Crippen LogP contribution >= 0.6 is 35.4 Å². The van der Waals surface area contributed by atoms with Crippen molar-refractivity contribution in [3.8, 4) is 5.75 Å². The summed E-state index contributed by atoms with van der Waals surface area (Å²) in [7, 11) is 1.57. The van der Waals surface area contributed by atoms with Gasteiger partial charge < -0.3 is 10.1 Å². The lowest BCUT2D eigenvalue weighted by atomic mass is 10.2. The van der Waals surface area contributed by atoms with Crippen molar-refractivity contribution in [2.45, 2.75) is 6.54 Å². The number of methoxy groups -OCH3 is 1. The normalized spacial score (nSPS) is 10.4. The number of thiocarbonyl (C=S) groups is 1. The van der Waals surface area contributed by atoms with Gasteiger partial charge in [0.25, 0.3) is 0 Å². The minimum atomic E-state index is 0.325. The highest BCUT2D eigenvalue weighted by molar-refractivity contribution is 7.80. The van der Waals surface area contributed by atoms with E-state index in [9.17, 15) is 0 Å². The molecule has 26 heavy (non-hydrogen) atoms. The molecule has 9 heteroatoms. The molecule has 2 aromatic carbocycles. The Kier molecular flexibility index (Phi) is 5.92. The summed E-state index contributed by atoms with van der Waals surface area (Å²) in [6, 6.07) is 12.8. The number of nitrogens with one attached hydrogen (secondary N) is 2. The molecule has 134 valence electrons. The van der Waals surface area contributed by atoms with Gasteiger partial charge in [-0.2, -0.15) is 0 Å². The topological polar surface area (TPSA) is 64.0 Å². The maximum atomic E-state index is 6.01. The fraction of sp³-hybridized carbons (Fsp3) is 0.118. The Labute approximate surface area is 166 Å². The van der Waals surface area contributed by atoms with Gasteiger partial charge in [-0.15, -0.1) is 5.10 Å². The number of hydrogen-bond acceptors (Lipinski definition) is 4. The molecule has 0 atom stereocenters. The lowest BCUT2D eigenvalue weighted by Gasteiger charge is -2.12. The first-order valence-electron chi connectivity index (χ1n) is 7.59. The van der Waals surface area contributed by atoms with Crippen LogP contribution in [0.4, 0.5) is 11.6 Å². The molecule has 0 bridgehead atoms. The van der Waals surface area contributed by atoms with Gasteiger partial charge in [0, 0.05) is 10.0 Å². The zero-order valence-electron chi connectivity index (χ0n) is 13.7. The molecule has 0 spiro atoms. The molecule has 3 aromatic rings. The van der Waals surface area contributed by atoms with Gasteiger partial charge in [-0.1, -0.05) is 35.3 Å². The fourth-order valence-electron chi connectivity index (χ4n) is 2.28. The number of halogens is 2. The molecular formula is C17H15Cl2N5OS. The van der Waals surface area contributed by atoms with Crippen molar-refractivity contribution in [1.82, 2.24) is 14.8 Å². The van der Waals surface area contributed by atoms with E-state index in [-0.39, 0.29) is 0 Å². The van der Waals surface area contributed by atoms with E-state index in [0.717, 1.165) is 5.56 Å². The van der Waals surface area contributed by atoms with Crippen LogP contribution in [0, 0.1) is 0 Å². The second-order valence-corrected chi connectivity index (χ2v) is 6.60. The predicted molar refractivity (Wildman–Crippen MR) is 108 cm³/mol. The average Bonchev–Trinajstić information content (AvgIpc) is 3.01.